The number of hydrogen-bond donors (Lipinski definition) is 2. The van der Waals surface area contributed by atoms with Gasteiger partial charge in [-0.25, -0.2) is 15.0 Å². The minimum Gasteiger partial charge on any atom is -0.351 e. The van der Waals surface area contributed by atoms with Crippen molar-refractivity contribution < 1.29 is 0 Å². The van der Waals surface area contributed by atoms with Crippen molar-refractivity contribution in [1.82, 2.24) is 19.8 Å². The number of hydrogen-bond acceptors (Lipinski definition) is 5. The Morgan fingerprint density at radius 2 is 1.16 bits per heavy atom. The van der Waals surface area contributed by atoms with Crippen LogP contribution in [0, 0.1) is 0 Å². The van der Waals surface area contributed by atoms with Gasteiger partial charge in [-0.2, -0.15) is 0 Å². The molecular weight excluding hydrogens is 615 g/mol. The van der Waals surface area contributed by atoms with Crippen LogP contribution in [0.3, 0.4) is 0 Å². The van der Waals surface area contributed by atoms with Crippen LogP contribution in [0.4, 0.5) is 0 Å². The average Bonchev–Trinajstić information content (AvgIpc) is 3.70. The Labute approximate surface area is 288 Å². The Balaban J connectivity index is 1.14. The van der Waals surface area contributed by atoms with Crippen LogP contribution in [0.25, 0.3) is 49.3 Å². The second-order valence-corrected chi connectivity index (χ2v) is 12.6. The number of aromatic nitrogens is 2. The molecule has 7 nitrogen and oxygen atoms in total. The van der Waals surface area contributed by atoms with Gasteiger partial charge in [0.25, 0.3) is 0 Å². The average molecular weight is 646 g/mol. The van der Waals surface area contributed by atoms with Gasteiger partial charge in [-0.1, -0.05) is 115 Å². The lowest BCUT2D eigenvalue weighted by molar-refractivity contribution is 0.673. The summed E-state index contributed by atoms with van der Waals surface area (Å²) in [6.45, 7) is 0.533. The summed E-state index contributed by atoms with van der Waals surface area (Å²) >= 11 is 0. The van der Waals surface area contributed by atoms with Gasteiger partial charge in [0.1, 0.15) is 12.0 Å². The van der Waals surface area contributed by atoms with Crippen LogP contribution in [0.1, 0.15) is 17.3 Å². The third-order valence-corrected chi connectivity index (χ3v) is 9.66. The number of benzene rings is 6. The van der Waals surface area contributed by atoms with Crippen molar-refractivity contribution >= 4 is 61.2 Å². The Kier molecular flexibility index (Phi) is 6.48. The Morgan fingerprint density at radius 1 is 0.560 bits per heavy atom. The molecule has 0 bridgehead atoms. The van der Waals surface area contributed by atoms with Crippen molar-refractivity contribution in [3.63, 3.8) is 0 Å². The van der Waals surface area contributed by atoms with Crippen molar-refractivity contribution in [3.8, 4) is 5.69 Å². The van der Waals surface area contributed by atoms with E-state index in [1.165, 1.54) is 27.1 Å². The first-order valence-electron chi connectivity index (χ1n) is 16.9. The summed E-state index contributed by atoms with van der Waals surface area (Å²) in [6.07, 6.45) is 1.66. The van der Waals surface area contributed by atoms with Gasteiger partial charge in [0.05, 0.1) is 22.1 Å². The van der Waals surface area contributed by atoms with Crippen LogP contribution in [0.2, 0.25) is 0 Å². The van der Waals surface area contributed by atoms with E-state index < -0.39 is 0 Å². The molecule has 0 amide bonds. The number of amidine groups is 2. The molecule has 2 N–H and O–H groups in total. The lowest BCUT2D eigenvalue weighted by atomic mass is 10.1. The molecule has 2 aromatic heterocycles. The predicted octanol–water partition coefficient (Wildman–Crippen LogP) is 8.73. The SMILES string of the molecule is C1=C(C2=NC(c3ccccc3)NC(c3ccccc3)=N2)CNC(n2c3ccccc3c3cc4c5ccccc5n(-c5ccccc5)c4cc32)=N1. The van der Waals surface area contributed by atoms with Crippen molar-refractivity contribution in [2.45, 2.75) is 6.17 Å². The summed E-state index contributed by atoms with van der Waals surface area (Å²) in [5.74, 6) is 2.23. The van der Waals surface area contributed by atoms with E-state index >= 15 is 0 Å². The van der Waals surface area contributed by atoms with Crippen molar-refractivity contribution in [1.29, 1.82) is 0 Å². The highest BCUT2D eigenvalue weighted by Gasteiger charge is 2.25. The molecule has 8 aromatic rings. The molecule has 4 heterocycles. The van der Waals surface area contributed by atoms with Crippen LogP contribution in [-0.4, -0.2) is 33.3 Å². The van der Waals surface area contributed by atoms with Crippen molar-refractivity contribution in [3.05, 3.63) is 175 Å². The maximum absolute atomic E-state index is 5.06. The molecule has 1 unspecified atom stereocenters. The normalized spacial score (nSPS) is 16.1. The Bertz CT molecular complexity index is 2710. The Hall–Kier alpha value is -6.73. The smallest absolute Gasteiger partial charge is 0.208 e. The van der Waals surface area contributed by atoms with Gasteiger partial charge < -0.3 is 15.2 Å². The summed E-state index contributed by atoms with van der Waals surface area (Å²) in [5, 5.41) is 12.0. The molecule has 0 aliphatic carbocycles. The largest absolute Gasteiger partial charge is 0.351 e. The summed E-state index contributed by atoms with van der Waals surface area (Å²) in [4.78, 5) is 15.1. The van der Waals surface area contributed by atoms with Crippen LogP contribution in [0.5, 0.6) is 0 Å². The molecule has 2 aliphatic rings. The molecule has 0 saturated carbocycles. The topological polar surface area (TPSA) is 71.0 Å². The number of nitrogens with zero attached hydrogens (tertiary/aromatic N) is 5. The van der Waals surface area contributed by atoms with Crippen molar-refractivity contribution in [2.75, 3.05) is 6.54 Å². The van der Waals surface area contributed by atoms with Crippen LogP contribution >= 0.6 is 0 Å². The standard InChI is InChI=1S/C43H31N7/c1-4-14-28(15-5-1)40-46-41(29-16-6-2-7-17-29)48-42(47-40)30-26-44-43(45-27-30)50-37-23-13-11-21-33(37)35-24-34-32-20-10-12-22-36(32)49(38(34)25-39(35)50)31-18-8-3-9-19-31/h1-26,40H,27H2,(H,44,45)(H,46,47,48). The molecule has 0 spiro atoms. The second kappa shape index (κ2) is 11.5. The molecule has 50 heavy (non-hydrogen) atoms. The number of para-hydroxylation sites is 3. The predicted molar refractivity (Wildman–Crippen MR) is 205 cm³/mol. The van der Waals surface area contributed by atoms with Gasteiger partial charge >= 0.3 is 0 Å². The zero-order valence-corrected chi connectivity index (χ0v) is 27.0. The number of aliphatic imine (C=N–C) groups is 3. The molecular formula is C43H31N7. The molecule has 238 valence electrons. The van der Waals surface area contributed by atoms with E-state index in [0.717, 1.165) is 50.7 Å². The summed E-state index contributed by atoms with van der Waals surface area (Å²) < 4.78 is 4.61. The zero-order chi connectivity index (χ0) is 33.0. The van der Waals surface area contributed by atoms with Crippen LogP contribution in [0.15, 0.2) is 178 Å². The van der Waals surface area contributed by atoms with Crippen LogP contribution < -0.4 is 10.6 Å². The maximum atomic E-state index is 5.06. The van der Waals surface area contributed by atoms with Gasteiger partial charge in [0.2, 0.25) is 5.96 Å². The second-order valence-electron chi connectivity index (χ2n) is 12.6. The highest BCUT2D eigenvalue weighted by molar-refractivity contribution is 6.21. The number of fused-ring (bicyclic) bond motifs is 6. The van der Waals surface area contributed by atoms with E-state index in [9.17, 15) is 0 Å². The maximum Gasteiger partial charge on any atom is 0.208 e. The van der Waals surface area contributed by atoms with E-state index in [-0.39, 0.29) is 6.17 Å². The van der Waals surface area contributed by atoms with E-state index in [0.29, 0.717) is 12.4 Å². The number of nitrogens with one attached hydrogen (secondary N) is 2. The third-order valence-electron chi connectivity index (χ3n) is 9.66. The van der Waals surface area contributed by atoms with Crippen molar-refractivity contribution in [2.24, 2.45) is 15.0 Å². The molecule has 6 aromatic carbocycles. The van der Waals surface area contributed by atoms with Gasteiger partial charge in [0.15, 0.2) is 5.84 Å². The fraction of sp³-hybridized carbons (Fsp3) is 0.0465. The van der Waals surface area contributed by atoms with E-state index in [1.807, 2.05) is 42.6 Å². The molecule has 0 radical (unpaired) electrons. The summed E-state index contributed by atoms with van der Waals surface area (Å²) in [7, 11) is 0. The molecule has 2 aliphatic heterocycles. The monoisotopic (exact) mass is 645 g/mol. The van der Waals surface area contributed by atoms with Gasteiger partial charge in [-0.3, -0.25) is 4.57 Å². The molecule has 1 atom stereocenters. The highest BCUT2D eigenvalue weighted by Crippen LogP contribution is 2.38. The quantitative estimate of drug-likeness (QED) is 0.201. The number of rotatable bonds is 4. The molecule has 0 fully saturated rings. The first kappa shape index (κ1) is 28.3. The lowest BCUT2D eigenvalue weighted by Crippen LogP contribution is -2.38. The fourth-order valence-corrected chi connectivity index (χ4v) is 7.34. The summed E-state index contributed by atoms with van der Waals surface area (Å²) in [6, 6.07) is 53.0. The Morgan fingerprint density at radius 3 is 1.84 bits per heavy atom. The van der Waals surface area contributed by atoms with E-state index in [4.69, 9.17) is 15.0 Å². The minimum absolute atomic E-state index is 0.263. The van der Waals surface area contributed by atoms with Gasteiger partial charge in [-0.05, 0) is 42.0 Å². The first-order valence-corrected chi connectivity index (χ1v) is 16.9. The lowest BCUT2D eigenvalue weighted by Gasteiger charge is -2.25. The molecule has 10 rings (SSSR count). The van der Waals surface area contributed by atoms with Crippen LogP contribution in [-0.2, 0) is 0 Å². The fourth-order valence-electron chi connectivity index (χ4n) is 7.34. The van der Waals surface area contributed by atoms with E-state index in [2.05, 4.69) is 135 Å². The zero-order valence-electron chi connectivity index (χ0n) is 27.0. The van der Waals surface area contributed by atoms with Gasteiger partial charge in [-0.15, -0.1) is 0 Å². The van der Waals surface area contributed by atoms with E-state index in [1.54, 1.807) is 0 Å². The highest BCUT2D eigenvalue weighted by atomic mass is 15.2. The molecule has 0 saturated heterocycles. The first-order chi connectivity index (χ1) is 24.8. The summed E-state index contributed by atoms with van der Waals surface area (Å²) in [5.41, 5.74) is 8.68. The van der Waals surface area contributed by atoms with Gasteiger partial charge in [0, 0.05) is 51.1 Å². The third kappa shape index (κ3) is 4.55. The minimum atomic E-state index is -0.263. The molecule has 7 heteroatoms.